The zero-order valence-electron chi connectivity index (χ0n) is 10.6. The predicted molar refractivity (Wildman–Crippen MR) is 65.5 cm³/mol. The Labute approximate surface area is 109 Å². The molecule has 1 aliphatic rings. The Morgan fingerprint density at radius 2 is 1.95 bits per heavy atom. The number of carboxylic acids is 1. The molecule has 1 saturated carbocycles. The molecular formula is C14H16F2O3. The van der Waals surface area contributed by atoms with Gasteiger partial charge in [0.2, 0.25) is 0 Å². The van der Waals surface area contributed by atoms with Gasteiger partial charge in [0.25, 0.3) is 6.43 Å². The average molecular weight is 270 g/mol. The van der Waals surface area contributed by atoms with Crippen LogP contribution in [0.2, 0.25) is 0 Å². The molecule has 1 aliphatic carbocycles. The molecule has 0 amide bonds. The molecule has 104 valence electrons. The van der Waals surface area contributed by atoms with Gasteiger partial charge in [-0.15, -0.1) is 0 Å². The summed E-state index contributed by atoms with van der Waals surface area (Å²) in [7, 11) is 0. The Morgan fingerprint density at radius 1 is 1.37 bits per heavy atom. The molecule has 0 saturated heterocycles. The number of halogens is 2. The lowest BCUT2D eigenvalue weighted by atomic mass is 9.88. The summed E-state index contributed by atoms with van der Waals surface area (Å²) in [4.78, 5) is 10.9. The minimum absolute atomic E-state index is 0.135. The second-order valence-corrected chi connectivity index (χ2v) is 5.13. The number of aromatic hydroxyl groups is 1. The molecular weight excluding hydrogens is 254 g/mol. The number of carbonyl (C=O) groups is 1. The Morgan fingerprint density at radius 3 is 2.42 bits per heavy atom. The minimum atomic E-state index is -2.76. The molecule has 0 spiro atoms. The monoisotopic (exact) mass is 270 g/mol. The van der Waals surface area contributed by atoms with Gasteiger partial charge >= 0.3 is 5.97 Å². The van der Waals surface area contributed by atoms with Crippen LogP contribution in [0.5, 0.6) is 5.75 Å². The van der Waals surface area contributed by atoms with Crippen molar-refractivity contribution in [2.24, 2.45) is 5.92 Å². The van der Waals surface area contributed by atoms with E-state index < -0.39 is 23.7 Å². The normalized spacial score (nSPS) is 16.6. The van der Waals surface area contributed by atoms with E-state index >= 15 is 0 Å². The van der Waals surface area contributed by atoms with Crippen molar-refractivity contribution in [3.63, 3.8) is 0 Å². The van der Waals surface area contributed by atoms with Gasteiger partial charge in [0.15, 0.2) is 0 Å². The Hall–Kier alpha value is -1.65. The summed E-state index contributed by atoms with van der Waals surface area (Å²) < 4.78 is 25.7. The molecule has 0 bridgehead atoms. The second kappa shape index (κ2) is 5.15. The molecule has 1 aromatic rings. The number of aliphatic carboxylic acids is 1. The lowest BCUT2D eigenvalue weighted by Crippen LogP contribution is -2.09. The van der Waals surface area contributed by atoms with Crippen LogP contribution in [-0.2, 0) is 4.79 Å². The van der Waals surface area contributed by atoms with Crippen LogP contribution in [0.1, 0.15) is 48.3 Å². The van der Waals surface area contributed by atoms with E-state index in [1.807, 2.05) is 0 Å². The largest absolute Gasteiger partial charge is 0.507 e. The third-order valence-electron chi connectivity index (χ3n) is 3.53. The number of carboxylic acid groups (broad SMARTS) is 1. The predicted octanol–water partition coefficient (Wildman–Crippen LogP) is 3.61. The molecule has 5 heteroatoms. The summed E-state index contributed by atoms with van der Waals surface area (Å²) in [5, 5.41) is 18.9. The van der Waals surface area contributed by atoms with E-state index in [1.54, 1.807) is 13.0 Å². The van der Waals surface area contributed by atoms with E-state index in [-0.39, 0.29) is 18.3 Å². The second-order valence-electron chi connectivity index (χ2n) is 5.13. The van der Waals surface area contributed by atoms with Crippen molar-refractivity contribution in [3.05, 3.63) is 28.8 Å². The number of alkyl halides is 2. The van der Waals surface area contributed by atoms with Crippen molar-refractivity contribution in [2.45, 2.75) is 38.5 Å². The quantitative estimate of drug-likeness (QED) is 0.859. The van der Waals surface area contributed by atoms with E-state index in [4.69, 9.17) is 5.11 Å². The highest BCUT2D eigenvalue weighted by Gasteiger charge is 2.36. The van der Waals surface area contributed by atoms with Crippen molar-refractivity contribution in [3.8, 4) is 5.75 Å². The van der Waals surface area contributed by atoms with Gasteiger partial charge in [-0.1, -0.05) is 11.6 Å². The molecule has 1 unspecified atom stereocenters. The van der Waals surface area contributed by atoms with Crippen molar-refractivity contribution in [1.29, 1.82) is 0 Å². The smallest absolute Gasteiger partial charge is 0.303 e. The fourth-order valence-corrected chi connectivity index (χ4v) is 2.50. The molecule has 0 aromatic heterocycles. The first-order valence-corrected chi connectivity index (χ1v) is 6.23. The zero-order chi connectivity index (χ0) is 14.2. The lowest BCUT2D eigenvalue weighted by Gasteiger charge is -2.19. The summed E-state index contributed by atoms with van der Waals surface area (Å²) in [5.74, 6) is -1.63. The summed E-state index contributed by atoms with van der Waals surface area (Å²) in [6, 6.07) is 2.86. The first-order valence-electron chi connectivity index (χ1n) is 6.23. The number of hydrogen-bond donors (Lipinski definition) is 2. The van der Waals surface area contributed by atoms with Crippen LogP contribution in [0.15, 0.2) is 12.1 Å². The molecule has 0 heterocycles. The van der Waals surface area contributed by atoms with Crippen LogP contribution in [0.4, 0.5) is 8.78 Å². The molecule has 1 aromatic carbocycles. The SMILES string of the molecule is Cc1cc(C(F)F)c(O)c(C(CC(=O)O)C2CC2)c1. The van der Waals surface area contributed by atoms with Crippen LogP contribution in [0, 0.1) is 12.8 Å². The number of aryl methyl sites for hydroxylation is 1. The topological polar surface area (TPSA) is 57.5 Å². The van der Waals surface area contributed by atoms with E-state index in [1.165, 1.54) is 6.07 Å². The maximum absolute atomic E-state index is 12.9. The lowest BCUT2D eigenvalue weighted by molar-refractivity contribution is -0.137. The van der Waals surface area contributed by atoms with Crippen molar-refractivity contribution in [1.82, 2.24) is 0 Å². The molecule has 2 rings (SSSR count). The van der Waals surface area contributed by atoms with E-state index in [0.717, 1.165) is 12.8 Å². The van der Waals surface area contributed by atoms with Crippen LogP contribution in [-0.4, -0.2) is 16.2 Å². The molecule has 19 heavy (non-hydrogen) atoms. The fourth-order valence-electron chi connectivity index (χ4n) is 2.50. The van der Waals surface area contributed by atoms with Crippen molar-refractivity contribution < 1.29 is 23.8 Å². The molecule has 1 atom stereocenters. The third-order valence-corrected chi connectivity index (χ3v) is 3.53. The van der Waals surface area contributed by atoms with Crippen molar-refractivity contribution in [2.75, 3.05) is 0 Å². The first-order chi connectivity index (χ1) is 8.90. The summed E-state index contributed by atoms with van der Waals surface area (Å²) in [6.45, 7) is 1.67. The average Bonchev–Trinajstić information content (AvgIpc) is 3.12. The summed E-state index contributed by atoms with van der Waals surface area (Å²) >= 11 is 0. The minimum Gasteiger partial charge on any atom is -0.507 e. The fraction of sp³-hybridized carbons (Fsp3) is 0.500. The Bertz CT molecular complexity index is 496. The first kappa shape index (κ1) is 13.8. The summed E-state index contributed by atoms with van der Waals surface area (Å²) in [6.07, 6.45) is -1.13. The van der Waals surface area contributed by atoms with Gasteiger partial charge in [0, 0.05) is 5.92 Å². The van der Waals surface area contributed by atoms with Gasteiger partial charge in [0.05, 0.1) is 12.0 Å². The highest BCUT2D eigenvalue weighted by molar-refractivity contribution is 5.68. The Balaban J connectivity index is 2.43. The molecule has 1 fully saturated rings. The van der Waals surface area contributed by atoms with Crippen LogP contribution in [0.25, 0.3) is 0 Å². The van der Waals surface area contributed by atoms with Gasteiger partial charge < -0.3 is 10.2 Å². The van der Waals surface area contributed by atoms with Crippen molar-refractivity contribution >= 4 is 5.97 Å². The molecule has 2 N–H and O–H groups in total. The van der Waals surface area contributed by atoms with Gasteiger partial charge in [-0.25, -0.2) is 8.78 Å². The maximum atomic E-state index is 12.9. The van der Waals surface area contributed by atoms with E-state index in [2.05, 4.69) is 0 Å². The number of benzene rings is 1. The molecule has 3 nitrogen and oxygen atoms in total. The van der Waals surface area contributed by atoms with Gasteiger partial charge in [0.1, 0.15) is 5.75 Å². The highest BCUT2D eigenvalue weighted by atomic mass is 19.3. The number of phenolic OH excluding ortho intramolecular Hbond substituents is 1. The molecule has 0 radical (unpaired) electrons. The van der Waals surface area contributed by atoms with Gasteiger partial charge in [-0.05, 0) is 37.3 Å². The van der Waals surface area contributed by atoms with Crippen LogP contribution in [0.3, 0.4) is 0 Å². The standard InChI is InChI=1S/C14H16F2O3/c1-7-4-10(13(19)11(5-7)14(15)16)9(6-12(17)18)8-2-3-8/h4-5,8-9,14,19H,2-3,6H2,1H3,(H,17,18). The highest BCUT2D eigenvalue weighted by Crippen LogP contribution is 2.48. The van der Waals surface area contributed by atoms with E-state index in [9.17, 15) is 18.7 Å². The number of hydrogen-bond acceptors (Lipinski definition) is 2. The number of phenols is 1. The van der Waals surface area contributed by atoms with Crippen LogP contribution < -0.4 is 0 Å². The molecule has 0 aliphatic heterocycles. The van der Waals surface area contributed by atoms with Gasteiger partial charge in [-0.2, -0.15) is 0 Å². The van der Waals surface area contributed by atoms with E-state index in [0.29, 0.717) is 11.1 Å². The zero-order valence-corrected chi connectivity index (χ0v) is 10.6. The summed E-state index contributed by atoms with van der Waals surface area (Å²) in [5.41, 5.74) is 0.547. The van der Waals surface area contributed by atoms with Crippen LogP contribution >= 0.6 is 0 Å². The third kappa shape index (κ3) is 3.03. The number of rotatable bonds is 5. The Kier molecular flexibility index (Phi) is 3.73. The maximum Gasteiger partial charge on any atom is 0.303 e. The van der Waals surface area contributed by atoms with Gasteiger partial charge in [-0.3, -0.25) is 4.79 Å².